The number of rotatable bonds is 3. The Bertz CT molecular complexity index is 425. The van der Waals surface area contributed by atoms with E-state index in [1.165, 1.54) is 0 Å². The number of hydrogen-bond donors (Lipinski definition) is 0. The highest BCUT2D eigenvalue weighted by atomic mass is 79.9. The van der Waals surface area contributed by atoms with Crippen LogP contribution < -0.4 is 0 Å². The topological polar surface area (TPSA) is 13.1 Å². The third kappa shape index (κ3) is 2.64. The molecule has 0 aliphatic heterocycles. The second-order valence-electron chi connectivity index (χ2n) is 3.28. The fraction of sp³-hybridized carbons (Fsp3) is 0.167. The van der Waals surface area contributed by atoms with E-state index >= 15 is 0 Å². The van der Waals surface area contributed by atoms with Crippen LogP contribution in [-0.4, -0.2) is 0 Å². The van der Waals surface area contributed by atoms with Crippen LogP contribution in [-0.2, 0) is 6.42 Å². The van der Waals surface area contributed by atoms with Crippen LogP contribution in [0.3, 0.4) is 0 Å². The summed E-state index contributed by atoms with van der Waals surface area (Å²) in [5, 5.41) is 0.800. The largest absolute Gasteiger partial charge is 0.468 e. The molecule has 1 aromatic heterocycles. The minimum atomic E-state index is 0.174. The molecule has 0 amide bonds. The second kappa shape index (κ2) is 4.86. The summed E-state index contributed by atoms with van der Waals surface area (Å²) in [6.07, 6.45) is 2.50. The molecule has 1 nitrogen and oxygen atoms in total. The SMILES string of the molecule is Clc1ccccc1CC(Br)c1ccco1. The van der Waals surface area contributed by atoms with Crippen molar-refractivity contribution in [2.24, 2.45) is 0 Å². The molecule has 0 aliphatic rings. The van der Waals surface area contributed by atoms with E-state index in [0.29, 0.717) is 0 Å². The molecule has 0 bridgehead atoms. The van der Waals surface area contributed by atoms with Crippen LogP contribution in [0.1, 0.15) is 16.2 Å². The first-order valence-corrected chi connectivity index (χ1v) is 5.97. The molecule has 1 heterocycles. The lowest BCUT2D eigenvalue weighted by molar-refractivity contribution is 0.507. The van der Waals surface area contributed by atoms with Crippen LogP contribution in [0.5, 0.6) is 0 Å². The highest BCUT2D eigenvalue weighted by molar-refractivity contribution is 9.09. The van der Waals surface area contributed by atoms with Gasteiger partial charge in [-0.25, -0.2) is 0 Å². The Hall–Kier alpha value is -0.730. The third-order valence-corrected chi connectivity index (χ3v) is 3.35. The maximum atomic E-state index is 6.08. The Morgan fingerprint density at radius 3 is 2.67 bits per heavy atom. The molecule has 0 radical (unpaired) electrons. The fourth-order valence-corrected chi connectivity index (χ4v) is 2.25. The van der Waals surface area contributed by atoms with Crippen LogP contribution in [0.25, 0.3) is 0 Å². The van der Waals surface area contributed by atoms with Crippen molar-refractivity contribution in [2.75, 3.05) is 0 Å². The zero-order valence-corrected chi connectivity index (χ0v) is 10.3. The molecule has 2 rings (SSSR count). The van der Waals surface area contributed by atoms with Gasteiger partial charge in [0.25, 0.3) is 0 Å². The summed E-state index contributed by atoms with van der Waals surface area (Å²) in [5.74, 6) is 0.926. The van der Waals surface area contributed by atoms with Crippen molar-refractivity contribution < 1.29 is 4.42 Å². The summed E-state index contributed by atoms with van der Waals surface area (Å²) in [6, 6.07) is 11.7. The Labute approximate surface area is 102 Å². The summed E-state index contributed by atoms with van der Waals surface area (Å²) >= 11 is 9.66. The van der Waals surface area contributed by atoms with Crippen LogP contribution in [0.4, 0.5) is 0 Å². The molecule has 0 fully saturated rings. The van der Waals surface area contributed by atoms with Crippen molar-refractivity contribution in [1.82, 2.24) is 0 Å². The number of benzene rings is 1. The molecule has 3 heteroatoms. The van der Waals surface area contributed by atoms with Gasteiger partial charge in [0, 0.05) is 5.02 Å². The summed E-state index contributed by atoms with van der Waals surface area (Å²) in [7, 11) is 0. The molecule has 78 valence electrons. The zero-order valence-electron chi connectivity index (χ0n) is 7.99. The van der Waals surface area contributed by atoms with Crippen molar-refractivity contribution in [3.05, 3.63) is 59.0 Å². The molecule has 0 saturated heterocycles. The van der Waals surface area contributed by atoms with Gasteiger partial charge in [-0.05, 0) is 30.2 Å². The van der Waals surface area contributed by atoms with Gasteiger partial charge >= 0.3 is 0 Å². The third-order valence-electron chi connectivity index (χ3n) is 2.21. The molecule has 15 heavy (non-hydrogen) atoms. The van der Waals surface area contributed by atoms with Crippen LogP contribution >= 0.6 is 27.5 Å². The fourth-order valence-electron chi connectivity index (χ4n) is 1.43. The van der Waals surface area contributed by atoms with Crippen molar-refractivity contribution >= 4 is 27.5 Å². The average Bonchev–Trinajstić information content (AvgIpc) is 2.74. The highest BCUT2D eigenvalue weighted by Gasteiger charge is 2.12. The van der Waals surface area contributed by atoms with Crippen LogP contribution in [0.15, 0.2) is 47.1 Å². The summed E-state index contributed by atoms with van der Waals surface area (Å²) in [6.45, 7) is 0. The Morgan fingerprint density at radius 2 is 2.00 bits per heavy atom. The van der Waals surface area contributed by atoms with Crippen molar-refractivity contribution in [3.63, 3.8) is 0 Å². The predicted octanol–water partition coefficient (Wildman–Crippen LogP) is 4.61. The zero-order chi connectivity index (χ0) is 10.7. The summed E-state index contributed by atoms with van der Waals surface area (Å²) in [5.41, 5.74) is 1.12. The molecule has 0 N–H and O–H groups in total. The smallest absolute Gasteiger partial charge is 0.117 e. The first-order chi connectivity index (χ1) is 7.27. The van der Waals surface area contributed by atoms with E-state index in [2.05, 4.69) is 15.9 Å². The van der Waals surface area contributed by atoms with Crippen molar-refractivity contribution in [2.45, 2.75) is 11.2 Å². The molecule has 1 atom stereocenters. The maximum Gasteiger partial charge on any atom is 0.117 e. The summed E-state index contributed by atoms with van der Waals surface area (Å²) < 4.78 is 5.32. The minimum absolute atomic E-state index is 0.174. The van der Waals surface area contributed by atoms with Crippen molar-refractivity contribution in [3.8, 4) is 0 Å². The van der Waals surface area contributed by atoms with Gasteiger partial charge in [-0.2, -0.15) is 0 Å². The van der Waals surface area contributed by atoms with E-state index in [1.807, 2.05) is 36.4 Å². The van der Waals surface area contributed by atoms with Crippen LogP contribution in [0, 0.1) is 0 Å². The van der Waals surface area contributed by atoms with Gasteiger partial charge in [0.2, 0.25) is 0 Å². The van der Waals surface area contributed by atoms with Gasteiger partial charge in [0.1, 0.15) is 5.76 Å². The van der Waals surface area contributed by atoms with Gasteiger partial charge in [0.05, 0.1) is 11.1 Å². The molecular weight excluding hydrogens is 275 g/mol. The normalized spacial score (nSPS) is 12.7. The molecule has 0 saturated carbocycles. The van der Waals surface area contributed by atoms with Gasteiger partial charge < -0.3 is 4.42 Å². The number of furan rings is 1. The Balaban J connectivity index is 2.13. The molecule has 0 spiro atoms. The predicted molar refractivity (Wildman–Crippen MR) is 65.5 cm³/mol. The minimum Gasteiger partial charge on any atom is -0.468 e. The second-order valence-corrected chi connectivity index (χ2v) is 4.79. The first-order valence-electron chi connectivity index (χ1n) is 4.68. The van der Waals surface area contributed by atoms with Crippen LogP contribution in [0.2, 0.25) is 5.02 Å². The van der Waals surface area contributed by atoms with Gasteiger partial charge in [-0.3, -0.25) is 0 Å². The lowest BCUT2D eigenvalue weighted by atomic mass is 10.1. The average molecular weight is 286 g/mol. The molecule has 0 aliphatic carbocycles. The summed E-state index contributed by atoms with van der Waals surface area (Å²) in [4.78, 5) is 0.174. The number of halogens is 2. The van der Waals surface area contributed by atoms with Gasteiger partial charge in [0.15, 0.2) is 0 Å². The van der Waals surface area contributed by atoms with Gasteiger partial charge in [-0.1, -0.05) is 45.7 Å². The lowest BCUT2D eigenvalue weighted by Crippen LogP contribution is -1.94. The van der Waals surface area contributed by atoms with E-state index in [0.717, 1.165) is 22.8 Å². The monoisotopic (exact) mass is 284 g/mol. The Morgan fingerprint density at radius 1 is 1.20 bits per heavy atom. The van der Waals surface area contributed by atoms with E-state index in [4.69, 9.17) is 16.0 Å². The lowest BCUT2D eigenvalue weighted by Gasteiger charge is -2.08. The van der Waals surface area contributed by atoms with E-state index < -0.39 is 0 Å². The highest BCUT2D eigenvalue weighted by Crippen LogP contribution is 2.29. The van der Waals surface area contributed by atoms with Gasteiger partial charge in [-0.15, -0.1) is 0 Å². The number of alkyl halides is 1. The molecular formula is C12H10BrClO. The number of hydrogen-bond acceptors (Lipinski definition) is 1. The van der Waals surface area contributed by atoms with E-state index in [-0.39, 0.29) is 4.83 Å². The quantitative estimate of drug-likeness (QED) is 0.751. The maximum absolute atomic E-state index is 6.08. The molecule has 1 aromatic carbocycles. The molecule has 1 unspecified atom stereocenters. The standard InChI is InChI=1S/C12H10BrClO/c13-10(12-6-3-7-15-12)8-9-4-1-2-5-11(9)14/h1-7,10H,8H2. The molecule has 2 aromatic rings. The first kappa shape index (κ1) is 10.8. The van der Waals surface area contributed by atoms with E-state index in [9.17, 15) is 0 Å². The van der Waals surface area contributed by atoms with Crippen molar-refractivity contribution in [1.29, 1.82) is 0 Å². The van der Waals surface area contributed by atoms with E-state index in [1.54, 1.807) is 6.26 Å². The Kier molecular flexibility index (Phi) is 3.49.